The van der Waals surface area contributed by atoms with Crippen LogP contribution in [-0.2, 0) is 0 Å². The molecule has 1 nitrogen and oxygen atoms in total. The first-order valence-electron chi connectivity index (χ1n) is 9.55. The van der Waals surface area contributed by atoms with Gasteiger partial charge in [-0.05, 0) is 65.1 Å². The molecule has 2 aromatic rings. The Bertz CT molecular complexity index is 821. The number of hydrogen-bond donors (Lipinski definition) is 0. The van der Waals surface area contributed by atoms with Crippen LogP contribution in [0, 0.1) is 5.41 Å². The molecule has 3 rings (SSSR count). The van der Waals surface area contributed by atoms with E-state index in [4.69, 9.17) is 4.74 Å². The maximum absolute atomic E-state index is 6.13. The maximum atomic E-state index is 6.13. The van der Waals surface area contributed by atoms with Crippen LogP contribution in [0.3, 0.4) is 0 Å². The lowest BCUT2D eigenvalue weighted by Gasteiger charge is -2.33. The fourth-order valence-electron chi connectivity index (χ4n) is 3.73. The van der Waals surface area contributed by atoms with Gasteiger partial charge in [-0.2, -0.15) is 0 Å². The molecule has 1 atom stereocenters. The third-order valence-electron chi connectivity index (χ3n) is 6.09. The van der Waals surface area contributed by atoms with Gasteiger partial charge >= 0.3 is 0 Å². The highest BCUT2D eigenvalue weighted by atomic mass is 16.5. The van der Waals surface area contributed by atoms with Gasteiger partial charge in [0, 0.05) is 5.56 Å². The second kappa shape index (κ2) is 7.07. The van der Waals surface area contributed by atoms with E-state index in [9.17, 15) is 0 Å². The molecule has 132 valence electrons. The molecule has 0 spiro atoms. The summed E-state index contributed by atoms with van der Waals surface area (Å²) >= 11 is 0. The summed E-state index contributed by atoms with van der Waals surface area (Å²) in [5.41, 5.74) is 4.25. The maximum Gasteiger partial charge on any atom is 0.127 e. The van der Waals surface area contributed by atoms with Crippen molar-refractivity contribution in [3.63, 3.8) is 0 Å². The quantitative estimate of drug-likeness (QED) is 0.529. The van der Waals surface area contributed by atoms with Gasteiger partial charge in [0.2, 0.25) is 0 Å². The Kier molecular flexibility index (Phi) is 5.03. The van der Waals surface area contributed by atoms with Crippen molar-refractivity contribution in [1.82, 2.24) is 0 Å². The molecular formula is C24H30O. The normalized spacial score (nSPS) is 15.8. The zero-order valence-electron chi connectivity index (χ0n) is 16.2. The summed E-state index contributed by atoms with van der Waals surface area (Å²) in [6.45, 7) is 11.9. The first-order chi connectivity index (χ1) is 12.0. The summed E-state index contributed by atoms with van der Waals surface area (Å²) in [6, 6.07) is 11.2. The van der Waals surface area contributed by atoms with Crippen molar-refractivity contribution in [2.24, 2.45) is 5.41 Å². The van der Waals surface area contributed by atoms with Crippen LogP contribution in [0.5, 0.6) is 5.75 Å². The number of benzene rings is 2. The van der Waals surface area contributed by atoms with Crippen molar-refractivity contribution in [1.29, 1.82) is 0 Å². The summed E-state index contributed by atoms with van der Waals surface area (Å²) in [7, 11) is 0. The summed E-state index contributed by atoms with van der Waals surface area (Å²) in [6.07, 6.45) is 9.05. The van der Waals surface area contributed by atoms with Gasteiger partial charge in [0.1, 0.15) is 12.4 Å². The standard InChI is InChI=1S/C24H30O/c1-6-9-17(4)18-10-12-21-19(14-18)11-13-23-22(21)15-20(16-25-23)24(5,7-2)8-3/h6,9-15,17H,7-8,16H2,1-5H3/b9-6+. The van der Waals surface area contributed by atoms with E-state index in [2.05, 4.69) is 83.2 Å². The molecule has 0 aromatic heterocycles. The Morgan fingerprint density at radius 1 is 1.16 bits per heavy atom. The fourth-order valence-corrected chi connectivity index (χ4v) is 3.73. The van der Waals surface area contributed by atoms with Crippen molar-refractivity contribution < 1.29 is 4.74 Å². The third-order valence-corrected chi connectivity index (χ3v) is 6.09. The molecule has 0 fully saturated rings. The minimum atomic E-state index is 0.222. The van der Waals surface area contributed by atoms with Crippen LogP contribution in [-0.4, -0.2) is 6.61 Å². The van der Waals surface area contributed by atoms with E-state index < -0.39 is 0 Å². The van der Waals surface area contributed by atoms with E-state index >= 15 is 0 Å². The van der Waals surface area contributed by atoms with Crippen molar-refractivity contribution in [3.05, 3.63) is 59.2 Å². The van der Waals surface area contributed by atoms with Gasteiger partial charge in [0.25, 0.3) is 0 Å². The van der Waals surface area contributed by atoms with E-state index in [1.165, 1.54) is 27.5 Å². The van der Waals surface area contributed by atoms with Gasteiger partial charge in [-0.15, -0.1) is 0 Å². The predicted molar refractivity (Wildman–Crippen MR) is 109 cm³/mol. The van der Waals surface area contributed by atoms with Gasteiger partial charge in [-0.25, -0.2) is 0 Å². The number of hydrogen-bond acceptors (Lipinski definition) is 1. The summed E-state index contributed by atoms with van der Waals surface area (Å²) in [4.78, 5) is 0. The van der Waals surface area contributed by atoms with Crippen molar-refractivity contribution in [3.8, 4) is 5.75 Å². The highest BCUT2D eigenvalue weighted by Gasteiger charge is 2.28. The monoisotopic (exact) mass is 334 g/mol. The Morgan fingerprint density at radius 3 is 2.60 bits per heavy atom. The zero-order valence-corrected chi connectivity index (χ0v) is 16.2. The summed E-state index contributed by atoms with van der Waals surface area (Å²) in [5, 5.41) is 2.59. The molecule has 0 aliphatic carbocycles. The Morgan fingerprint density at radius 2 is 1.92 bits per heavy atom. The molecule has 1 aliphatic heterocycles. The fraction of sp³-hybridized carbons (Fsp3) is 0.417. The number of allylic oxidation sites excluding steroid dienone is 2. The molecule has 0 amide bonds. The largest absolute Gasteiger partial charge is 0.489 e. The van der Waals surface area contributed by atoms with Crippen molar-refractivity contribution in [2.75, 3.05) is 6.61 Å². The molecule has 25 heavy (non-hydrogen) atoms. The van der Waals surface area contributed by atoms with E-state index in [1.807, 2.05) is 0 Å². The first kappa shape index (κ1) is 17.8. The molecule has 0 bridgehead atoms. The molecule has 1 heteroatoms. The van der Waals surface area contributed by atoms with Gasteiger partial charge in [0.05, 0.1) is 0 Å². The highest BCUT2D eigenvalue weighted by molar-refractivity contribution is 5.94. The van der Waals surface area contributed by atoms with Gasteiger partial charge in [-0.1, -0.05) is 64.1 Å². The number of ether oxygens (including phenoxy) is 1. The minimum absolute atomic E-state index is 0.222. The van der Waals surface area contributed by atoms with Crippen LogP contribution >= 0.6 is 0 Å². The van der Waals surface area contributed by atoms with E-state index in [1.54, 1.807) is 0 Å². The third kappa shape index (κ3) is 3.25. The predicted octanol–water partition coefficient (Wildman–Crippen LogP) is 7.12. The van der Waals surface area contributed by atoms with Gasteiger partial charge in [-0.3, -0.25) is 0 Å². The SMILES string of the molecule is C/C=C/C(C)c1ccc2c3c(ccc2c1)OCC(C(C)(CC)CC)=C3. The van der Waals surface area contributed by atoms with Crippen molar-refractivity contribution >= 4 is 16.8 Å². The van der Waals surface area contributed by atoms with E-state index in [0.717, 1.165) is 18.6 Å². The van der Waals surface area contributed by atoms with Crippen LogP contribution in [0.15, 0.2) is 48.1 Å². The Balaban J connectivity index is 2.11. The number of rotatable bonds is 5. The van der Waals surface area contributed by atoms with Crippen LogP contribution in [0.4, 0.5) is 0 Å². The Labute approximate surface area is 152 Å². The van der Waals surface area contributed by atoms with Crippen LogP contribution in [0.25, 0.3) is 16.8 Å². The van der Waals surface area contributed by atoms with E-state index in [-0.39, 0.29) is 5.41 Å². The molecule has 1 heterocycles. The Hall–Kier alpha value is -2.02. The van der Waals surface area contributed by atoms with Crippen LogP contribution in [0.2, 0.25) is 0 Å². The second-order valence-corrected chi connectivity index (χ2v) is 7.50. The van der Waals surface area contributed by atoms with Crippen molar-refractivity contribution in [2.45, 2.75) is 53.4 Å². The van der Waals surface area contributed by atoms with E-state index in [0.29, 0.717) is 12.5 Å². The average Bonchev–Trinajstić information content (AvgIpc) is 2.66. The lowest BCUT2D eigenvalue weighted by Crippen LogP contribution is -2.24. The topological polar surface area (TPSA) is 9.23 Å². The molecule has 1 aliphatic rings. The van der Waals surface area contributed by atoms with Crippen LogP contribution in [0.1, 0.15) is 64.5 Å². The van der Waals surface area contributed by atoms with Gasteiger partial charge in [0.15, 0.2) is 0 Å². The summed E-state index contributed by atoms with van der Waals surface area (Å²) < 4.78 is 6.13. The molecule has 0 saturated carbocycles. The first-order valence-corrected chi connectivity index (χ1v) is 9.55. The average molecular weight is 335 g/mol. The highest BCUT2D eigenvalue weighted by Crippen LogP contribution is 2.42. The lowest BCUT2D eigenvalue weighted by molar-refractivity contribution is 0.277. The molecule has 0 radical (unpaired) electrons. The molecule has 0 saturated heterocycles. The molecule has 1 unspecified atom stereocenters. The molecule has 0 N–H and O–H groups in total. The lowest BCUT2D eigenvalue weighted by atomic mass is 9.76. The van der Waals surface area contributed by atoms with Gasteiger partial charge < -0.3 is 4.74 Å². The molecule has 2 aromatic carbocycles. The zero-order chi connectivity index (χ0) is 18.0. The number of fused-ring (bicyclic) bond motifs is 3. The minimum Gasteiger partial charge on any atom is -0.489 e. The second-order valence-electron chi connectivity index (χ2n) is 7.50. The molecular weight excluding hydrogens is 304 g/mol. The smallest absolute Gasteiger partial charge is 0.127 e. The summed E-state index contributed by atoms with van der Waals surface area (Å²) in [5.74, 6) is 1.45. The van der Waals surface area contributed by atoms with Crippen LogP contribution < -0.4 is 4.74 Å².